The van der Waals surface area contributed by atoms with E-state index in [0.717, 1.165) is 13.0 Å². The third kappa shape index (κ3) is 2.64. The Bertz CT molecular complexity index is 675. The Morgan fingerprint density at radius 1 is 1.45 bits per heavy atom. The first-order valence-corrected chi connectivity index (χ1v) is 6.69. The van der Waals surface area contributed by atoms with Gasteiger partial charge < -0.3 is 9.73 Å². The lowest BCUT2D eigenvalue weighted by atomic mass is 10.2. The molecule has 6 nitrogen and oxygen atoms in total. The van der Waals surface area contributed by atoms with Crippen LogP contribution in [0.25, 0.3) is 11.1 Å². The molecule has 1 aliphatic rings. The number of allylic oxidation sites excluding steroid dienone is 1. The van der Waals surface area contributed by atoms with Crippen molar-refractivity contribution in [3.05, 3.63) is 40.0 Å². The molecule has 6 heteroatoms. The molecule has 1 heterocycles. The molecule has 0 aliphatic heterocycles. The number of nitrogens with one attached hydrogen (secondary N) is 1. The number of nitro benzene ring substituents is 1. The van der Waals surface area contributed by atoms with Crippen LogP contribution in [0.3, 0.4) is 0 Å². The maximum atomic E-state index is 10.7. The van der Waals surface area contributed by atoms with Crippen molar-refractivity contribution in [1.29, 1.82) is 0 Å². The molecule has 20 heavy (non-hydrogen) atoms. The Hall–Kier alpha value is -2.37. The number of nitro groups is 1. The van der Waals surface area contributed by atoms with Crippen LogP contribution < -0.4 is 5.32 Å². The highest BCUT2D eigenvalue weighted by molar-refractivity contribution is 5.77. The van der Waals surface area contributed by atoms with Crippen LogP contribution in [0.15, 0.2) is 34.3 Å². The number of fused-ring (bicyclic) bond motifs is 1. The third-order valence-electron chi connectivity index (χ3n) is 3.44. The second-order valence-corrected chi connectivity index (χ2v) is 4.86. The van der Waals surface area contributed by atoms with Gasteiger partial charge >= 0.3 is 0 Å². The first kappa shape index (κ1) is 12.7. The Kier molecular flexibility index (Phi) is 3.37. The van der Waals surface area contributed by atoms with Crippen molar-refractivity contribution in [1.82, 2.24) is 4.98 Å². The predicted molar refractivity (Wildman–Crippen MR) is 75.7 cm³/mol. The minimum atomic E-state index is -0.437. The summed E-state index contributed by atoms with van der Waals surface area (Å²) in [7, 11) is 0. The summed E-state index contributed by atoms with van der Waals surface area (Å²) in [5.74, 6) is 0. The molecule has 1 N–H and O–H groups in total. The van der Waals surface area contributed by atoms with Gasteiger partial charge in [0.1, 0.15) is 5.52 Å². The van der Waals surface area contributed by atoms with Gasteiger partial charge in [-0.3, -0.25) is 10.1 Å². The summed E-state index contributed by atoms with van der Waals surface area (Å²) in [5.41, 5.74) is 2.55. The molecular weight excluding hydrogens is 258 g/mol. The van der Waals surface area contributed by atoms with Crippen molar-refractivity contribution in [2.45, 2.75) is 25.7 Å². The smallest absolute Gasteiger partial charge is 0.295 e. The summed E-state index contributed by atoms with van der Waals surface area (Å²) in [6.45, 7) is 0.765. The molecule has 0 unspecified atom stereocenters. The van der Waals surface area contributed by atoms with Crippen LogP contribution in [-0.4, -0.2) is 16.5 Å². The van der Waals surface area contributed by atoms with Gasteiger partial charge in [-0.25, -0.2) is 0 Å². The second kappa shape index (κ2) is 5.32. The number of rotatable bonds is 5. The highest BCUT2D eigenvalue weighted by Crippen LogP contribution is 2.24. The molecule has 0 saturated heterocycles. The number of hydrogen-bond donors (Lipinski definition) is 1. The van der Waals surface area contributed by atoms with Crippen molar-refractivity contribution >= 4 is 22.8 Å². The molecule has 0 saturated carbocycles. The molecular formula is C14H15N3O3. The number of anilines is 1. The zero-order valence-corrected chi connectivity index (χ0v) is 11.0. The van der Waals surface area contributed by atoms with E-state index in [1.54, 1.807) is 6.07 Å². The van der Waals surface area contributed by atoms with Gasteiger partial charge in [-0.05, 0) is 31.7 Å². The van der Waals surface area contributed by atoms with Crippen molar-refractivity contribution < 1.29 is 9.34 Å². The van der Waals surface area contributed by atoms with Crippen LogP contribution in [0.1, 0.15) is 25.7 Å². The van der Waals surface area contributed by atoms with Gasteiger partial charge in [-0.1, -0.05) is 11.6 Å². The second-order valence-electron chi connectivity index (χ2n) is 4.86. The number of hydrogen-bond acceptors (Lipinski definition) is 5. The fourth-order valence-electron chi connectivity index (χ4n) is 2.40. The largest absolute Gasteiger partial charge is 0.424 e. The topological polar surface area (TPSA) is 81.2 Å². The lowest BCUT2D eigenvalue weighted by Gasteiger charge is -2.02. The minimum absolute atomic E-state index is 0.0217. The van der Waals surface area contributed by atoms with Crippen LogP contribution in [0, 0.1) is 10.1 Å². The zero-order chi connectivity index (χ0) is 13.9. The van der Waals surface area contributed by atoms with E-state index in [-0.39, 0.29) is 5.69 Å². The summed E-state index contributed by atoms with van der Waals surface area (Å²) in [6.07, 6.45) is 6.89. The SMILES string of the molecule is O=[N+]([O-])c1ccc2oc(NCCC3=CCCC3)nc2c1. The van der Waals surface area contributed by atoms with Crippen LogP contribution in [0.5, 0.6) is 0 Å². The fraction of sp³-hybridized carbons (Fsp3) is 0.357. The van der Waals surface area contributed by atoms with E-state index in [1.165, 1.54) is 37.0 Å². The van der Waals surface area contributed by atoms with Crippen LogP contribution >= 0.6 is 0 Å². The average molecular weight is 273 g/mol. The van der Waals surface area contributed by atoms with Gasteiger partial charge in [0.2, 0.25) is 0 Å². The molecule has 2 aromatic rings. The molecule has 3 rings (SSSR count). The van der Waals surface area contributed by atoms with Crippen LogP contribution in [-0.2, 0) is 0 Å². The first-order chi connectivity index (χ1) is 9.72. The molecule has 0 radical (unpaired) electrons. The summed E-state index contributed by atoms with van der Waals surface area (Å²) in [5, 5.41) is 13.8. The van der Waals surface area contributed by atoms with Gasteiger partial charge in [0.15, 0.2) is 5.58 Å². The van der Waals surface area contributed by atoms with Gasteiger partial charge in [0, 0.05) is 18.7 Å². The van der Waals surface area contributed by atoms with E-state index in [4.69, 9.17) is 4.42 Å². The summed E-state index contributed by atoms with van der Waals surface area (Å²) in [4.78, 5) is 14.5. The fourth-order valence-corrected chi connectivity index (χ4v) is 2.40. The van der Waals surface area contributed by atoms with Gasteiger partial charge in [0.25, 0.3) is 11.7 Å². The highest BCUT2D eigenvalue weighted by atomic mass is 16.6. The maximum absolute atomic E-state index is 10.7. The molecule has 0 fully saturated rings. The monoisotopic (exact) mass is 273 g/mol. The van der Waals surface area contributed by atoms with Gasteiger partial charge in [-0.15, -0.1) is 0 Å². The Morgan fingerprint density at radius 2 is 2.35 bits per heavy atom. The van der Waals surface area contributed by atoms with E-state index in [0.29, 0.717) is 17.1 Å². The highest BCUT2D eigenvalue weighted by Gasteiger charge is 2.11. The number of aromatic nitrogens is 1. The number of non-ortho nitro benzene ring substituents is 1. The molecule has 0 atom stereocenters. The molecule has 104 valence electrons. The van der Waals surface area contributed by atoms with E-state index in [9.17, 15) is 10.1 Å². The average Bonchev–Trinajstić information content (AvgIpc) is 3.06. The minimum Gasteiger partial charge on any atom is -0.424 e. The molecule has 0 bridgehead atoms. The van der Waals surface area contributed by atoms with Gasteiger partial charge in [-0.2, -0.15) is 4.98 Å². The Balaban J connectivity index is 1.67. The standard InChI is InChI=1S/C14H15N3O3/c18-17(19)11-5-6-13-12(9-11)16-14(20-13)15-8-7-10-3-1-2-4-10/h3,5-6,9H,1-2,4,7-8H2,(H,15,16). The number of nitrogens with zero attached hydrogens (tertiary/aromatic N) is 2. The van der Waals surface area contributed by atoms with Crippen molar-refractivity contribution in [3.63, 3.8) is 0 Å². The normalized spacial score (nSPS) is 14.5. The Labute approximate surface area is 115 Å². The third-order valence-corrected chi connectivity index (χ3v) is 3.44. The predicted octanol–water partition coefficient (Wildman–Crippen LogP) is 3.65. The zero-order valence-electron chi connectivity index (χ0n) is 11.0. The quantitative estimate of drug-likeness (QED) is 0.511. The molecule has 0 amide bonds. The van der Waals surface area contributed by atoms with Crippen molar-refractivity contribution in [2.24, 2.45) is 0 Å². The van der Waals surface area contributed by atoms with Gasteiger partial charge in [0.05, 0.1) is 4.92 Å². The Morgan fingerprint density at radius 3 is 3.10 bits per heavy atom. The van der Waals surface area contributed by atoms with Crippen LogP contribution in [0.2, 0.25) is 0 Å². The first-order valence-electron chi connectivity index (χ1n) is 6.69. The lowest BCUT2D eigenvalue weighted by molar-refractivity contribution is -0.384. The summed E-state index contributed by atoms with van der Waals surface area (Å²) >= 11 is 0. The lowest BCUT2D eigenvalue weighted by Crippen LogP contribution is -2.02. The summed E-state index contributed by atoms with van der Waals surface area (Å²) in [6, 6.07) is 4.83. The van der Waals surface area contributed by atoms with Crippen LogP contribution in [0.4, 0.5) is 11.7 Å². The molecule has 1 aliphatic carbocycles. The van der Waals surface area contributed by atoms with E-state index in [2.05, 4.69) is 16.4 Å². The number of oxazole rings is 1. The van der Waals surface area contributed by atoms with Crippen molar-refractivity contribution in [2.75, 3.05) is 11.9 Å². The maximum Gasteiger partial charge on any atom is 0.295 e. The van der Waals surface area contributed by atoms with E-state index < -0.39 is 4.92 Å². The van der Waals surface area contributed by atoms with E-state index >= 15 is 0 Å². The van der Waals surface area contributed by atoms with Crippen molar-refractivity contribution in [3.8, 4) is 0 Å². The molecule has 0 spiro atoms. The van der Waals surface area contributed by atoms with E-state index in [1.807, 2.05) is 0 Å². The number of benzene rings is 1. The molecule has 1 aromatic heterocycles. The molecule has 1 aromatic carbocycles. The summed E-state index contributed by atoms with van der Waals surface area (Å²) < 4.78 is 5.50.